The zero-order valence-electron chi connectivity index (χ0n) is 12.2. The van der Waals surface area contributed by atoms with E-state index in [9.17, 15) is 14.0 Å². The lowest BCUT2D eigenvalue weighted by atomic mass is 10.0. The number of nitrogens with one attached hydrogen (secondary N) is 2. The van der Waals surface area contributed by atoms with Gasteiger partial charge in [-0.25, -0.2) is 14.0 Å². The molecule has 8 heteroatoms. The maximum atomic E-state index is 12.8. The van der Waals surface area contributed by atoms with Gasteiger partial charge in [0.2, 0.25) is 0 Å². The summed E-state index contributed by atoms with van der Waals surface area (Å²) >= 11 is 0. The van der Waals surface area contributed by atoms with Gasteiger partial charge in [-0.05, 0) is 24.1 Å². The molecular formula is C15H15FN4O3. The molecule has 0 atom stereocenters. The fraction of sp³-hybridized carbons (Fsp3) is 0.267. The minimum atomic E-state index is -1.07. The van der Waals surface area contributed by atoms with Crippen molar-refractivity contribution in [1.82, 2.24) is 20.4 Å². The third kappa shape index (κ3) is 3.15. The molecule has 1 aliphatic heterocycles. The van der Waals surface area contributed by atoms with Crippen molar-refractivity contribution in [3.8, 4) is 0 Å². The molecule has 0 radical (unpaired) electrons. The summed E-state index contributed by atoms with van der Waals surface area (Å²) in [6.07, 6.45) is 0.442. The first kappa shape index (κ1) is 15.0. The molecule has 1 aromatic heterocycles. The van der Waals surface area contributed by atoms with Crippen LogP contribution in [0.1, 0.15) is 27.3 Å². The van der Waals surface area contributed by atoms with Crippen molar-refractivity contribution in [2.75, 3.05) is 6.54 Å². The zero-order valence-corrected chi connectivity index (χ0v) is 12.2. The number of aromatic amines is 1. The van der Waals surface area contributed by atoms with Gasteiger partial charge in [-0.2, -0.15) is 5.10 Å². The van der Waals surface area contributed by atoms with Crippen LogP contribution in [0.3, 0.4) is 0 Å². The van der Waals surface area contributed by atoms with E-state index >= 15 is 0 Å². The van der Waals surface area contributed by atoms with Gasteiger partial charge in [0.25, 0.3) is 0 Å². The number of amides is 2. The number of benzene rings is 1. The number of aromatic nitrogens is 2. The van der Waals surface area contributed by atoms with Crippen molar-refractivity contribution in [1.29, 1.82) is 0 Å². The number of urea groups is 1. The maximum Gasteiger partial charge on any atom is 0.356 e. The highest BCUT2D eigenvalue weighted by atomic mass is 19.1. The van der Waals surface area contributed by atoms with Crippen LogP contribution >= 0.6 is 0 Å². The Morgan fingerprint density at radius 2 is 2.09 bits per heavy atom. The number of hydrogen-bond acceptors (Lipinski definition) is 3. The Bertz CT molecular complexity index is 742. The van der Waals surface area contributed by atoms with Crippen LogP contribution in [-0.2, 0) is 19.5 Å². The first-order valence-corrected chi connectivity index (χ1v) is 7.11. The minimum Gasteiger partial charge on any atom is -0.476 e. The predicted octanol–water partition coefficient (Wildman–Crippen LogP) is 1.51. The molecule has 2 heterocycles. The summed E-state index contributed by atoms with van der Waals surface area (Å²) in [7, 11) is 0. The standard InChI is InChI=1S/C15H15FN4O3/c16-10-3-1-9(2-4-10)7-17-15(23)20-6-5-11-12(8-20)18-19-13(11)14(21)22/h1-4H,5-8H2,(H,17,23)(H,18,19)(H,21,22). The van der Waals surface area contributed by atoms with Gasteiger partial charge in [0, 0.05) is 18.7 Å². The Balaban J connectivity index is 1.60. The summed E-state index contributed by atoms with van der Waals surface area (Å²) in [5, 5.41) is 18.2. The molecule has 0 aliphatic carbocycles. The van der Waals surface area contributed by atoms with E-state index in [1.807, 2.05) is 0 Å². The molecule has 3 N–H and O–H groups in total. The maximum absolute atomic E-state index is 12.8. The number of carbonyl (C=O) groups excluding carboxylic acids is 1. The highest BCUT2D eigenvalue weighted by Gasteiger charge is 2.27. The molecule has 2 amide bonds. The summed E-state index contributed by atoms with van der Waals surface area (Å²) in [4.78, 5) is 24.8. The molecule has 0 fully saturated rings. The first-order valence-electron chi connectivity index (χ1n) is 7.11. The molecule has 0 saturated carbocycles. The van der Waals surface area contributed by atoms with Crippen molar-refractivity contribution in [2.45, 2.75) is 19.5 Å². The van der Waals surface area contributed by atoms with Gasteiger partial charge in [-0.3, -0.25) is 5.10 Å². The predicted molar refractivity (Wildman–Crippen MR) is 78.3 cm³/mol. The number of halogens is 1. The highest BCUT2D eigenvalue weighted by molar-refractivity contribution is 5.87. The second-order valence-corrected chi connectivity index (χ2v) is 5.29. The van der Waals surface area contributed by atoms with E-state index in [0.29, 0.717) is 30.8 Å². The quantitative estimate of drug-likeness (QED) is 0.799. The van der Waals surface area contributed by atoms with Gasteiger partial charge in [0.1, 0.15) is 5.82 Å². The third-order valence-corrected chi connectivity index (χ3v) is 3.78. The Morgan fingerprint density at radius 3 is 2.78 bits per heavy atom. The lowest BCUT2D eigenvalue weighted by molar-refractivity contribution is 0.0689. The summed E-state index contributed by atoms with van der Waals surface area (Å²) in [6.45, 7) is 0.999. The lowest BCUT2D eigenvalue weighted by Crippen LogP contribution is -2.42. The van der Waals surface area contributed by atoms with E-state index in [1.54, 1.807) is 17.0 Å². The third-order valence-electron chi connectivity index (χ3n) is 3.78. The van der Waals surface area contributed by atoms with Crippen molar-refractivity contribution in [3.05, 3.63) is 52.6 Å². The van der Waals surface area contributed by atoms with E-state index in [2.05, 4.69) is 15.5 Å². The fourth-order valence-electron chi connectivity index (χ4n) is 2.56. The van der Waals surface area contributed by atoms with Crippen LogP contribution in [-0.4, -0.2) is 38.7 Å². The smallest absolute Gasteiger partial charge is 0.356 e. The Kier molecular flexibility index (Phi) is 3.96. The number of hydrogen-bond donors (Lipinski definition) is 3. The summed E-state index contributed by atoms with van der Waals surface area (Å²) < 4.78 is 12.8. The Morgan fingerprint density at radius 1 is 1.35 bits per heavy atom. The number of nitrogens with zero attached hydrogens (tertiary/aromatic N) is 2. The number of carbonyl (C=O) groups is 2. The van der Waals surface area contributed by atoms with Crippen LogP contribution in [0.25, 0.3) is 0 Å². The normalized spacial score (nSPS) is 13.5. The average molecular weight is 318 g/mol. The van der Waals surface area contributed by atoms with Crippen LogP contribution in [0, 0.1) is 5.82 Å². The molecule has 0 bridgehead atoms. The number of rotatable bonds is 3. The molecule has 3 rings (SSSR count). The van der Waals surface area contributed by atoms with Gasteiger partial charge in [-0.1, -0.05) is 12.1 Å². The molecule has 120 valence electrons. The van der Waals surface area contributed by atoms with Crippen LogP contribution in [0.5, 0.6) is 0 Å². The van der Waals surface area contributed by atoms with Crippen LogP contribution < -0.4 is 5.32 Å². The highest BCUT2D eigenvalue weighted by Crippen LogP contribution is 2.20. The molecule has 0 spiro atoms. The molecule has 7 nitrogen and oxygen atoms in total. The molecule has 0 unspecified atom stereocenters. The van der Waals surface area contributed by atoms with E-state index < -0.39 is 5.97 Å². The molecule has 23 heavy (non-hydrogen) atoms. The minimum absolute atomic E-state index is 0.0198. The molecule has 1 aliphatic rings. The van der Waals surface area contributed by atoms with E-state index in [0.717, 1.165) is 5.56 Å². The average Bonchev–Trinajstić information content (AvgIpc) is 2.97. The van der Waals surface area contributed by atoms with Gasteiger partial charge >= 0.3 is 12.0 Å². The Labute approximate surface area is 131 Å². The van der Waals surface area contributed by atoms with Gasteiger partial charge in [-0.15, -0.1) is 0 Å². The Hall–Kier alpha value is -2.90. The largest absolute Gasteiger partial charge is 0.476 e. The number of aromatic carboxylic acids is 1. The number of carboxylic acids is 1. The van der Waals surface area contributed by atoms with Crippen molar-refractivity contribution >= 4 is 12.0 Å². The number of fused-ring (bicyclic) bond motifs is 1. The second-order valence-electron chi connectivity index (χ2n) is 5.29. The fourth-order valence-corrected chi connectivity index (χ4v) is 2.56. The van der Waals surface area contributed by atoms with Crippen molar-refractivity contribution < 1.29 is 19.1 Å². The summed E-state index contributed by atoms with van der Waals surface area (Å²) in [6, 6.07) is 5.64. The monoisotopic (exact) mass is 318 g/mol. The van der Waals surface area contributed by atoms with Crippen LogP contribution in [0.4, 0.5) is 9.18 Å². The molecule has 2 aromatic rings. The summed E-state index contributed by atoms with van der Waals surface area (Å²) in [5.74, 6) is -1.39. The van der Waals surface area contributed by atoms with E-state index in [-0.39, 0.29) is 24.1 Å². The van der Waals surface area contributed by atoms with Crippen LogP contribution in [0.15, 0.2) is 24.3 Å². The van der Waals surface area contributed by atoms with Crippen LogP contribution in [0.2, 0.25) is 0 Å². The van der Waals surface area contributed by atoms with Crippen molar-refractivity contribution in [3.63, 3.8) is 0 Å². The number of H-pyrrole nitrogens is 1. The van der Waals surface area contributed by atoms with Gasteiger partial charge in [0.05, 0.1) is 12.2 Å². The van der Waals surface area contributed by atoms with Gasteiger partial charge in [0.15, 0.2) is 5.69 Å². The first-order chi connectivity index (χ1) is 11.0. The second kappa shape index (κ2) is 6.07. The molecule has 0 saturated heterocycles. The van der Waals surface area contributed by atoms with Crippen molar-refractivity contribution in [2.24, 2.45) is 0 Å². The van der Waals surface area contributed by atoms with E-state index in [4.69, 9.17) is 5.11 Å². The topological polar surface area (TPSA) is 98.3 Å². The molecular weight excluding hydrogens is 303 g/mol. The zero-order chi connectivity index (χ0) is 16.4. The lowest BCUT2D eigenvalue weighted by Gasteiger charge is -2.26. The SMILES string of the molecule is O=C(O)c1n[nH]c2c1CCN(C(=O)NCc1ccc(F)cc1)C2. The van der Waals surface area contributed by atoms with E-state index in [1.165, 1.54) is 12.1 Å². The number of carboxylic acid groups (broad SMARTS) is 1. The van der Waals surface area contributed by atoms with Gasteiger partial charge < -0.3 is 15.3 Å². The molecule has 1 aromatic carbocycles. The summed E-state index contributed by atoms with van der Waals surface area (Å²) in [5.41, 5.74) is 2.11.